The second kappa shape index (κ2) is 6.83. The Hall–Kier alpha value is -1.71. The van der Waals surface area contributed by atoms with Gasteiger partial charge in [-0.3, -0.25) is 4.79 Å². The average Bonchev–Trinajstić information content (AvgIpc) is 2.39. The Labute approximate surface area is 125 Å². The minimum Gasteiger partial charge on any atom is -0.478 e. The van der Waals surface area contributed by atoms with Crippen LogP contribution in [-0.2, 0) is 14.8 Å². The predicted molar refractivity (Wildman–Crippen MR) is 72.2 cm³/mol. The molecule has 0 radical (unpaired) electrons. The van der Waals surface area contributed by atoms with E-state index >= 15 is 0 Å². The molecule has 1 amide bonds. The molecule has 21 heavy (non-hydrogen) atoms. The molecule has 116 valence electrons. The Morgan fingerprint density at radius 2 is 2.00 bits per heavy atom. The summed E-state index contributed by atoms with van der Waals surface area (Å²) < 4.78 is 39.6. The normalized spacial score (nSPS) is 11.2. The van der Waals surface area contributed by atoms with Crippen LogP contribution >= 0.6 is 11.6 Å². The van der Waals surface area contributed by atoms with Gasteiger partial charge in [-0.2, -0.15) is 0 Å². The minimum absolute atomic E-state index is 0.257. The average molecular weight is 339 g/mol. The highest BCUT2D eigenvalue weighted by Crippen LogP contribution is 2.23. The summed E-state index contributed by atoms with van der Waals surface area (Å²) in [5.41, 5.74) is -0.874. The maximum Gasteiger partial charge on any atom is 0.338 e. The fourth-order valence-corrected chi connectivity index (χ4v) is 2.80. The van der Waals surface area contributed by atoms with Gasteiger partial charge in [-0.1, -0.05) is 11.6 Å². The van der Waals surface area contributed by atoms with E-state index in [4.69, 9.17) is 16.7 Å². The molecule has 1 aromatic rings. The maximum atomic E-state index is 13.9. The Kier molecular flexibility index (Phi) is 5.64. The molecule has 0 atom stereocenters. The van der Waals surface area contributed by atoms with Gasteiger partial charge in [0.1, 0.15) is 4.90 Å². The molecule has 1 rings (SSSR count). The van der Waals surface area contributed by atoms with Crippen molar-refractivity contribution < 1.29 is 27.5 Å². The van der Waals surface area contributed by atoms with Crippen molar-refractivity contribution in [3.63, 3.8) is 0 Å². The third-order valence-electron chi connectivity index (χ3n) is 2.32. The topological polar surface area (TPSA) is 113 Å². The van der Waals surface area contributed by atoms with Crippen LogP contribution in [0.25, 0.3) is 0 Å². The van der Waals surface area contributed by atoms with Crippen molar-refractivity contribution in [1.29, 1.82) is 0 Å². The molecule has 0 aliphatic rings. The monoisotopic (exact) mass is 338 g/mol. The zero-order valence-electron chi connectivity index (χ0n) is 10.8. The molecule has 0 saturated heterocycles. The van der Waals surface area contributed by atoms with Crippen LogP contribution in [0.4, 0.5) is 4.39 Å². The Balaban J connectivity index is 3.14. The van der Waals surface area contributed by atoms with Crippen molar-refractivity contribution in [2.45, 2.75) is 11.8 Å². The lowest BCUT2D eigenvalue weighted by Gasteiger charge is -2.09. The molecule has 10 heteroatoms. The van der Waals surface area contributed by atoms with E-state index in [1.807, 2.05) is 4.72 Å². The van der Waals surface area contributed by atoms with Gasteiger partial charge in [-0.25, -0.2) is 22.3 Å². The minimum atomic E-state index is -4.42. The number of sulfonamides is 1. The fraction of sp³-hybridized carbons (Fsp3) is 0.273. The number of halogens is 2. The van der Waals surface area contributed by atoms with Gasteiger partial charge in [0.05, 0.1) is 12.1 Å². The van der Waals surface area contributed by atoms with Gasteiger partial charge in [-0.15, -0.1) is 0 Å². The number of hydrogen-bond acceptors (Lipinski definition) is 4. The van der Waals surface area contributed by atoms with E-state index in [0.29, 0.717) is 6.54 Å². The molecule has 0 aliphatic heterocycles. The third-order valence-corrected chi connectivity index (χ3v) is 3.94. The van der Waals surface area contributed by atoms with Crippen molar-refractivity contribution in [2.24, 2.45) is 0 Å². The summed E-state index contributed by atoms with van der Waals surface area (Å²) in [7, 11) is -4.42. The number of carboxylic acids is 1. The van der Waals surface area contributed by atoms with E-state index in [2.05, 4.69) is 5.32 Å². The zero-order valence-corrected chi connectivity index (χ0v) is 12.4. The van der Waals surface area contributed by atoms with Crippen LogP contribution in [-0.4, -0.2) is 38.5 Å². The largest absolute Gasteiger partial charge is 0.478 e. The highest BCUT2D eigenvalue weighted by Gasteiger charge is 2.25. The molecule has 0 aromatic heterocycles. The third kappa shape index (κ3) is 4.38. The van der Waals surface area contributed by atoms with Crippen LogP contribution in [0.1, 0.15) is 17.3 Å². The molecule has 0 spiro atoms. The number of amides is 1. The van der Waals surface area contributed by atoms with Gasteiger partial charge < -0.3 is 10.4 Å². The molecular formula is C11H12ClFN2O5S. The van der Waals surface area contributed by atoms with E-state index in [1.54, 1.807) is 6.92 Å². The molecule has 1 aromatic carbocycles. The zero-order chi connectivity index (χ0) is 16.2. The molecular weight excluding hydrogens is 327 g/mol. The van der Waals surface area contributed by atoms with Crippen molar-refractivity contribution >= 4 is 33.5 Å². The lowest BCUT2D eigenvalue weighted by Crippen LogP contribution is -2.37. The van der Waals surface area contributed by atoms with E-state index in [9.17, 15) is 22.4 Å². The van der Waals surface area contributed by atoms with Crippen LogP contribution in [0.3, 0.4) is 0 Å². The van der Waals surface area contributed by atoms with Gasteiger partial charge >= 0.3 is 5.97 Å². The summed E-state index contributed by atoms with van der Waals surface area (Å²) >= 11 is 5.58. The number of likely N-dealkylation sites (N-methyl/N-ethyl adjacent to an activating group) is 1. The molecule has 0 unspecified atom stereocenters. The maximum absolute atomic E-state index is 13.9. The highest BCUT2D eigenvalue weighted by molar-refractivity contribution is 7.89. The Morgan fingerprint density at radius 3 is 2.52 bits per heavy atom. The lowest BCUT2D eigenvalue weighted by molar-refractivity contribution is -0.119. The van der Waals surface area contributed by atoms with E-state index < -0.39 is 44.7 Å². The SMILES string of the molecule is CCNC(=O)CNS(=O)(=O)c1cc(Cl)cc(C(=O)O)c1F. The summed E-state index contributed by atoms with van der Waals surface area (Å²) in [6, 6.07) is 1.56. The van der Waals surface area contributed by atoms with Crippen LogP contribution in [0.5, 0.6) is 0 Å². The summed E-state index contributed by atoms with van der Waals surface area (Å²) in [6.07, 6.45) is 0. The number of carboxylic acid groups (broad SMARTS) is 1. The first-order valence-electron chi connectivity index (χ1n) is 5.67. The van der Waals surface area contributed by atoms with Crippen LogP contribution < -0.4 is 10.0 Å². The number of carbonyl (C=O) groups is 2. The highest BCUT2D eigenvalue weighted by atomic mass is 35.5. The second-order valence-corrected chi connectivity index (χ2v) is 6.02. The molecule has 7 nitrogen and oxygen atoms in total. The van der Waals surface area contributed by atoms with Gasteiger partial charge in [0.25, 0.3) is 0 Å². The van der Waals surface area contributed by atoms with E-state index in [1.165, 1.54) is 0 Å². The quantitative estimate of drug-likeness (QED) is 0.702. The molecule has 0 saturated carbocycles. The first-order valence-corrected chi connectivity index (χ1v) is 7.53. The van der Waals surface area contributed by atoms with Gasteiger partial charge in [0, 0.05) is 11.6 Å². The standard InChI is InChI=1S/C11H12ClFN2O5S/c1-2-14-9(16)5-15-21(19,20)8-4-6(12)3-7(10(8)13)11(17)18/h3-4,15H,2,5H2,1H3,(H,14,16)(H,17,18). The van der Waals surface area contributed by atoms with Gasteiger partial charge in [-0.05, 0) is 19.1 Å². The first kappa shape index (κ1) is 17.3. The molecule has 0 fully saturated rings. The van der Waals surface area contributed by atoms with E-state index in [-0.39, 0.29) is 5.02 Å². The summed E-state index contributed by atoms with van der Waals surface area (Å²) in [5.74, 6) is -3.72. The smallest absolute Gasteiger partial charge is 0.338 e. The Bertz CT molecular complexity index is 677. The van der Waals surface area contributed by atoms with Crippen molar-refractivity contribution in [3.8, 4) is 0 Å². The van der Waals surface area contributed by atoms with Crippen molar-refractivity contribution in [2.75, 3.05) is 13.1 Å². The first-order chi connectivity index (χ1) is 9.69. The Morgan fingerprint density at radius 1 is 1.38 bits per heavy atom. The fourth-order valence-electron chi connectivity index (χ4n) is 1.41. The molecule has 0 aliphatic carbocycles. The number of aromatic carboxylic acids is 1. The van der Waals surface area contributed by atoms with E-state index in [0.717, 1.165) is 12.1 Å². The molecule has 0 heterocycles. The van der Waals surface area contributed by atoms with Crippen LogP contribution in [0, 0.1) is 5.82 Å². The number of hydrogen-bond donors (Lipinski definition) is 3. The second-order valence-electron chi connectivity index (χ2n) is 3.85. The number of nitrogens with one attached hydrogen (secondary N) is 2. The van der Waals surface area contributed by atoms with Crippen LogP contribution in [0.15, 0.2) is 17.0 Å². The van der Waals surface area contributed by atoms with Gasteiger partial charge in [0.2, 0.25) is 15.9 Å². The predicted octanol–water partition coefficient (Wildman–Crippen LogP) is 0.592. The number of benzene rings is 1. The molecule has 0 bridgehead atoms. The summed E-state index contributed by atoms with van der Waals surface area (Å²) in [6.45, 7) is 1.34. The number of rotatable bonds is 6. The van der Waals surface area contributed by atoms with Crippen LogP contribution in [0.2, 0.25) is 5.02 Å². The van der Waals surface area contributed by atoms with Crippen molar-refractivity contribution in [1.82, 2.24) is 10.0 Å². The van der Waals surface area contributed by atoms with Crippen molar-refractivity contribution in [3.05, 3.63) is 28.5 Å². The lowest BCUT2D eigenvalue weighted by atomic mass is 10.2. The molecule has 3 N–H and O–H groups in total. The van der Waals surface area contributed by atoms with Gasteiger partial charge in [0.15, 0.2) is 5.82 Å². The number of carbonyl (C=O) groups excluding carboxylic acids is 1. The summed E-state index contributed by atoms with van der Waals surface area (Å²) in [5, 5.41) is 10.9. The summed E-state index contributed by atoms with van der Waals surface area (Å²) in [4.78, 5) is 21.1.